The Morgan fingerprint density at radius 1 is 1.20 bits per heavy atom. The maximum absolute atomic E-state index is 5.33. The standard InChI is InChI=1S/C17H22N2O/c1-4-7-18-11-15-9-16(20-3)5-6-17(15)14-8-13(2)10-19-12-14/h5-6,8-10,12,18H,4,7,11H2,1-3H3. The van der Waals surface area contributed by atoms with E-state index in [0.717, 1.165) is 30.8 Å². The van der Waals surface area contributed by atoms with Crippen LogP contribution in [-0.2, 0) is 6.54 Å². The fraction of sp³-hybridized carbons (Fsp3) is 0.353. The number of benzene rings is 1. The second-order valence-electron chi connectivity index (χ2n) is 4.95. The van der Waals surface area contributed by atoms with Crippen LogP contribution in [0, 0.1) is 6.92 Å². The molecule has 0 aliphatic rings. The highest BCUT2D eigenvalue weighted by atomic mass is 16.5. The summed E-state index contributed by atoms with van der Waals surface area (Å²) in [4.78, 5) is 4.29. The van der Waals surface area contributed by atoms with Crippen molar-refractivity contribution in [3.05, 3.63) is 47.8 Å². The smallest absolute Gasteiger partial charge is 0.119 e. The second-order valence-corrected chi connectivity index (χ2v) is 4.95. The number of nitrogens with one attached hydrogen (secondary N) is 1. The molecule has 0 unspecified atom stereocenters. The number of aromatic nitrogens is 1. The van der Waals surface area contributed by atoms with Gasteiger partial charge in [-0.2, -0.15) is 0 Å². The van der Waals surface area contributed by atoms with Crippen LogP contribution in [0.4, 0.5) is 0 Å². The molecule has 1 heterocycles. The molecule has 1 aromatic heterocycles. The van der Waals surface area contributed by atoms with Gasteiger partial charge in [-0.05, 0) is 54.8 Å². The van der Waals surface area contributed by atoms with Gasteiger partial charge in [0.05, 0.1) is 7.11 Å². The molecule has 0 atom stereocenters. The normalized spacial score (nSPS) is 10.6. The van der Waals surface area contributed by atoms with Crippen LogP contribution in [-0.4, -0.2) is 18.6 Å². The zero-order valence-electron chi connectivity index (χ0n) is 12.4. The molecule has 0 amide bonds. The number of hydrogen-bond donors (Lipinski definition) is 1. The van der Waals surface area contributed by atoms with Gasteiger partial charge in [-0.3, -0.25) is 4.98 Å². The highest BCUT2D eigenvalue weighted by molar-refractivity contribution is 5.68. The van der Waals surface area contributed by atoms with Crippen LogP contribution in [0.3, 0.4) is 0 Å². The molecule has 0 bridgehead atoms. The lowest BCUT2D eigenvalue weighted by Gasteiger charge is -2.12. The number of hydrogen-bond acceptors (Lipinski definition) is 3. The molecule has 0 radical (unpaired) electrons. The van der Waals surface area contributed by atoms with E-state index < -0.39 is 0 Å². The zero-order valence-corrected chi connectivity index (χ0v) is 12.4. The minimum atomic E-state index is 0.842. The molecule has 0 fully saturated rings. The molecular weight excluding hydrogens is 248 g/mol. The number of aryl methyl sites for hydroxylation is 1. The number of pyridine rings is 1. The van der Waals surface area contributed by atoms with E-state index >= 15 is 0 Å². The predicted molar refractivity (Wildman–Crippen MR) is 83.0 cm³/mol. The molecule has 1 aromatic carbocycles. The average molecular weight is 270 g/mol. The molecule has 1 N–H and O–H groups in total. The Kier molecular flexibility index (Phi) is 5.13. The molecule has 0 saturated carbocycles. The van der Waals surface area contributed by atoms with Crippen molar-refractivity contribution in [2.45, 2.75) is 26.8 Å². The van der Waals surface area contributed by atoms with E-state index in [1.165, 1.54) is 16.7 Å². The molecule has 0 spiro atoms. The van der Waals surface area contributed by atoms with Crippen molar-refractivity contribution in [1.82, 2.24) is 10.3 Å². The first-order valence-corrected chi connectivity index (χ1v) is 7.04. The van der Waals surface area contributed by atoms with Gasteiger partial charge in [-0.25, -0.2) is 0 Å². The van der Waals surface area contributed by atoms with Crippen molar-refractivity contribution in [3.8, 4) is 16.9 Å². The summed E-state index contributed by atoms with van der Waals surface area (Å²) in [7, 11) is 1.70. The van der Waals surface area contributed by atoms with Gasteiger partial charge in [0.1, 0.15) is 5.75 Å². The Hall–Kier alpha value is -1.87. The van der Waals surface area contributed by atoms with Gasteiger partial charge in [0, 0.05) is 24.5 Å². The summed E-state index contributed by atoms with van der Waals surface area (Å²) in [5, 5.41) is 3.45. The van der Waals surface area contributed by atoms with Crippen LogP contribution < -0.4 is 10.1 Å². The Morgan fingerprint density at radius 2 is 2.05 bits per heavy atom. The van der Waals surface area contributed by atoms with Gasteiger partial charge >= 0.3 is 0 Å². The molecule has 106 valence electrons. The van der Waals surface area contributed by atoms with E-state index in [9.17, 15) is 0 Å². The molecule has 2 rings (SSSR count). The lowest BCUT2D eigenvalue weighted by Crippen LogP contribution is -2.14. The van der Waals surface area contributed by atoms with Gasteiger partial charge < -0.3 is 10.1 Å². The minimum absolute atomic E-state index is 0.842. The Bertz CT molecular complexity index is 567. The van der Waals surface area contributed by atoms with E-state index in [2.05, 4.69) is 42.3 Å². The molecule has 3 nitrogen and oxygen atoms in total. The summed E-state index contributed by atoms with van der Waals surface area (Å²) in [6.07, 6.45) is 4.92. The predicted octanol–water partition coefficient (Wildman–Crippen LogP) is 3.57. The molecule has 2 aromatic rings. The summed E-state index contributed by atoms with van der Waals surface area (Å²) < 4.78 is 5.33. The molecular formula is C17H22N2O. The lowest BCUT2D eigenvalue weighted by atomic mass is 9.99. The van der Waals surface area contributed by atoms with Crippen LogP contribution >= 0.6 is 0 Å². The van der Waals surface area contributed by atoms with Crippen LogP contribution in [0.15, 0.2) is 36.7 Å². The Balaban J connectivity index is 2.35. The largest absolute Gasteiger partial charge is 0.497 e. The molecule has 20 heavy (non-hydrogen) atoms. The summed E-state index contributed by atoms with van der Waals surface area (Å²) in [6.45, 7) is 6.09. The van der Waals surface area contributed by atoms with Crippen LogP contribution in [0.1, 0.15) is 24.5 Å². The Labute approximate surface area is 121 Å². The SMILES string of the molecule is CCCNCc1cc(OC)ccc1-c1cncc(C)c1. The van der Waals surface area contributed by atoms with E-state index in [0.29, 0.717) is 0 Å². The van der Waals surface area contributed by atoms with Crippen LogP contribution in [0.5, 0.6) is 5.75 Å². The molecule has 0 aliphatic carbocycles. The van der Waals surface area contributed by atoms with Crippen LogP contribution in [0.25, 0.3) is 11.1 Å². The molecule has 3 heteroatoms. The maximum atomic E-state index is 5.33. The van der Waals surface area contributed by atoms with Gasteiger partial charge in [-0.1, -0.05) is 13.0 Å². The van der Waals surface area contributed by atoms with Crippen molar-refractivity contribution in [2.75, 3.05) is 13.7 Å². The lowest BCUT2D eigenvalue weighted by molar-refractivity contribution is 0.414. The average Bonchev–Trinajstić information content (AvgIpc) is 2.47. The highest BCUT2D eigenvalue weighted by Crippen LogP contribution is 2.27. The first-order chi connectivity index (χ1) is 9.74. The highest BCUT2D eigenvalue weighted by Gasteiger charge is 2.07. The fourth-order valence-corrected chi connectivity index (χ4v) is 2.23. The van der Waals surface area contributed by atoms with Crippen molar-refractivity contribution in [1.29, 1.82) is 0 Å². The van der Waals surface area contributed by atoms with E-state index in [-0.39, 0.29) is 0 Å². The number of methoxy groups -OCH3 is 1. The topological polar surface area (TPSA) is 34.1 Å². The minimum Gasteiger partial charge on any atom is -0.497 e. The summed E-state index contributed by atoms with van der Waals surface area (Å²) >= 11 is 0. The first-order valence-electron chi connectivity index (χ1n) is 7.04. The van der Waals surface area contributed by atoms with Crippen molar-refractivity contribution >= 4 is 0 Å². The van der Waals surface area contributed by atoms with E-state index in [1.54, 1.807) is 7.11 Å². The first kappa shape index (κ1) is 14.5. The van der Waals surface area contributed by atoms with Crippen LogP contribution in [0.2, 0.25) is 0 Å². The van der Waals surface area contributed by atoms with Gasteiger partial charge in [0.25, 0.3) is 0 Å². The number of rotatable bonds is 6. The molecule has 0 saturated heterocycles. The quantitative estimate of drug-likeness (QED) is 0.815. The van der Waals surface area contributed by atoms with Crippen molar-refractivity contribution in [2.24, 2.45) is 0 Å². The number of ether oxygens (including phenoxy) is 1. The third kappa shape index (κ3) is 3.58. The van der Waals surface area contributed by atoms with Gasteiger partial charge in [-0.15, -0.1) is 0 Å². The third-order valence-corrected chi connectivity index (χ3v) is 3.24. The second kappa shape index (κ2) is 7.06. The molecule has 0 aliphatic heterocycles. The summed E-state index contributed by atoms with van der Waals surface area (Å²) in [6, 6.07) is 8.37. The maximum Gasteiger partial charge on any atom is 0.119 e. The van der Waals surface area contributed by atoms with Gasteiger partial charge in [0.2, 0.25) is 0 Å². The van der Waals surface area contributed by atoms with Crippen molar-refractivity contribution < 1.29 is 4.74 Å². The fourth-order valence-electron chi connectivity index (χ4n) is 2.23. The van der Waals surface area contributed by atoms with Gasteiger partial charge in [0.15, 0.2) is 0 Å². The number of nitrogens with zero attached hydrogens (tertiary/aromatic N) is 1. The Morgan fingerprint density at radius 3 is 2.75 bits per heavy atom. The van der Waals surface area contributed by atoms with Crippen molar-refractivity contribution in [3.63, 3.8) is 0 Å². The summed E-state index contributed by atoms with van der Waals surface area (Å²) in [5.41, 5.74) is 4.78. The van der Waals surface area contributed by atoms with E-state index in [1.807, 2.05) is 18.5 Å². The zero-order chi connectivity index (χ0) is 14.4. The summed E-state index contributed by atoms with van der Waals surface area (Å²) in [5.74, 6) is 0.891. The monoisotopic (exact) mass is 270 g/mol. The third-order valence-electron chi connectivity index (χ3n) is 3.24. The van der Waals surface area contributed by atoms with E-state index in [4.69, 9.17) is 4.74 Å².